The van der Waals surface area contributed by atoms with Gasteiger partial charge in [0.1, 0.15) is 12.7 Å². The van der Waals surface area contributed by atoms with Crippen LogP contribution in [0.15, 0.2) is 30.6 Å². The van der Waals surface area contributed by atoms with Crippen LogP contribution in [0.3, 0.4) is 0 Å². The van der Waals surface area contributed by atoms with E-state index in [1.807, 2.05) is 18.7 Å². The van der Waals surface area contributed by atoms with E-state index in [1.165, 1.54) is 4.73 Å². The van der Waals surface area contributed by atoms with Gasteiger partial charge < -0.3 is 14.5 Å². The monoisotopic (exact) mass is 564 g/mol. The number of carbonyl (C=O) groups excluding carboxylic acids is 1. The molecule has 1 amide bonds. The molecule has 0 aliphatic carbocycles. The van der Waals surface area contributed by atoms with Crippen molar-refractivity contribution >= 4 is 5.91 Å². The summed E-state index contributed by atoms with van der Waals surface area (Å²) in [7, 11) is 3.17. The summed E-state index contributed by atoms with van der Waals surface area (Å²) in [5.41, 5.74) is 2.14. The Bertz CT molecular complexity index is 1180. The van der Waals surface area contributed by atoms with Crippen molar-refractivity contribution in [2.45, 2.75) is 64.3 Å². The van der Waals surface area contributed by atoms with Crippen molar-refractivity contribution < 1.29 is 32.3 Å². The van der Waals surface area contributed by atoms with E-state index in [1.54, 1.807) is 32.7 Å². The largest absolute Gasteiger partial charge is 0.416 e. The number of amides is 1. The maximum absolute atomic E-state index is 13.5. The molecular formula is C29H41F3N5O3+. The summed E-state index contributed by atoms with van der Waals surface area (Å²) < 4.78 is 46.3. The number of aryl methyl sites for hydroxylation is 1. The number of benzene rings is 1. The minimum atomic E-state index is -4.36. The van der Waals surface area contributed by atoms with Crippen LogP contribution in [0.25, 0.3) is 0 Å². The van der Waals surface area contributed by atoms with E-state index in [0.717, 1.165) is 55.9 Å². The Kier molecular flexibility index (Phi) is 9.06. The fraction of sp³-hybridized carbons (Fsp3) is 0.621. The highest BCUT2D eigenvalue weighted by molar-refractivity contribution is 5.96. The standard InChI is InChI=1S/C29H41F3N5O3/c1-20-17-35(15-16-36(20)25(18-39-5)23-7-9-24(10-8-23)29(30,31)32)28(4)11-13-34(14-12-28)27(38)26-21(2)33-19-37(40-6)22(26)3/h7-10,19-20,25H,11-18H2,1-6H3/q+1/t20-,25-/m0/s1. The third kappa shape index (κ3) is 6.11. The van der Waals surface area contributed by atoms with Gasteiger partial charge in [-0.1, -0.05) is 12.1 Å². The van der Waals surface area contributed by atoms with Gasteiger partial charge in [-0.25, -0.2) is 0 Å². The maximum Gasteiger partial charge on any atom is 0.416 e. The van der Waals surface area contributed by atoms with Crippen LogP contribution < -0.4 is 9.57 Å². The number of alkyl halides is 3. The van der Waals surface area contributed by atoms with E-state index >= 15 is 0 Å². The van der Waals surface area contributed by atoms with Gasteiger partial charge in [-0.05, 0) is 54.1 Å². The molecule has 2 aliphatic heterocycles. The molecule has 0 unspecified atom stereocenters. The molecule has 40 heavy (non-hydrogen) atoms. The average Bonchev–Trinajstić information content (AvgIpc) is 2.92. The third-order valence-corrected chi connectivity index (χ3v) is 8.74. The summed E-state index contributed by atoms with van der Waals surface area (Å²) in [6.07, 6.45) is -1.07. The number of methoxy groups -OCH3 is 1. The number of likely N-dealkylation sites (tertiary alicyclic amines) is 1. The molecule has 0 bridgehead atoms. The lowest BCUT2D eigenvalue weighted by Crippen LogP contribution is -2.62. The lowest BCUT2D eigenvalue weighted by Gasteiger charge is -2.52. The number of ether oxygens (including phenoxy) is 1. The van der Waals surface area contributed by atoms with E-state index in [2.05, 4.69) is 28.6 Å². The summed E-state index contributed by atoms with van der Waals surface area (Å²) in [6.45, 7) is 12.3. The van der Waals surface area contributed by atoms with Crippen molar-refractivity contribution in [3.05, 3.63) is 58.7 Å². The van der Waals surface area contributed by atoms with Gasteiger partial charge in [-0.15, -0.1) is 0 Å². The molecule has 8 nitrogen and oxygen atoms in total. The zero-order chi connectivity index (χ0) is 29.2. The zero-order valence-electron chi connectivity index (χ0n) is 24.3. The number of hydrogen-bond acceptors (Lipinski definition) is 6. The lowest BCUT2D eigenvalue weighted by atomic mass is 9.86. The van der Waals surface area contributed by atoms with Crippen LogP contribution in [0.5, 0.6) is 0 Å². The van der Waals surface area contributed by atoms with Crippen LogP contribution in [0.1, 0.15) is 65.6 Å². The van der Waals surface area contributed by atoms with Crippen LogP contribution in [-0.4, -0.2) is 90.7 Å². The first kappa shape index (κ1) is 30.2. The molecule has 2 aliphatic rings. The molecule has 0 spiro atoms. The highest BCUT2D eigenvalue weighted by atomic mass is 19.4. The van der Waals surface area contributed by atoms with Crippen LogP contribution in [0.2, 0.25) is 0 Å². The lowest BCUT2D eigenvalue weighted by molar-refractivity contribution is -0.891. The first-order chi connectivity index (χ1) is 18.9. The van der Waals surface area contributed by atoms with Gasteiger partial charge in [-0.3, -0.25) is 14.6 Å². The van der Waals surface area contributed by atoms with Crippen molar-refractivity contribution in [3.8, 4) is 0 Å². The number of nitrogens with zero attached hydrogens (tertiary/aromatic N) is 5. The Labute approximate surface area is 234 Å². The van der Waals surface area contributed by atoms with Crippen molar-refractivity contribution in [1.82, 2.24) is 19.7 Å². The average molecular weight is 565 g/mol. The second-order valence-corrected chi connectivity index (χ2v) is 11.2. The smallest absolute Gasteiger partial charge is 0.383 e. The highest BCUT2D eigenvalue weighted by Gasteiger charge is 2.42. The number of rotatable bonds is 7. The van der Waals surface area contributed by atoms with Gasteiger partial charge in [0.2, 0.25) is 0 Å². The fourth-order valence-corrected chi connectivity index (χ4v) is 6.18. The molecular weight excluding hydrogens is 523 g/mol. The SMILES string of the molecule is COC[C@@H](c1ccc(C(F)(F)F)cc1)N1CCN(C2(C)CCN(C(=O)c3c(C)nc[n+](OC)c3C)CC2)C[C@@H]1C. The van der Waals surface area contributed by atoms with E-state index in [0.29, 0.717) is 31.0 Å². The predicted molar refractivity (Wildman–Crippen MR) is 144 cm³/mol. The topological polar surface area (TPSA) is 62.0 Å². The van der Waals surface area contributed by atoms with E-state index in [-0.39, 0.29) is 23.5 Å². The molecule has 2 fully saturated rings. The van der Waals surface area contributed by atoms with Crippen LogP contribution in [0.4, 0.5) is 13.2 Å². The van der Waals surface area contributed by atoms with Crippen molar-refractivity contribution in [3.63, 3.8) is 0 Å². The molecule has 0 radical (unpaired) electrons. The second-order valence-electron chi connectivity index (χ2n) is 11.2. The predicted octanol–water partition coefficient (Wildman–Crippen LogP) is 3.45. The van der Waals surface area contributed by atoms with Gasteiger partial charge in [-0.2, -0.15) is 13.2 Å². The molecule has 2 saturated heterocycles. The maximum atomic E-state index is 13.5. The van der Waals surface area contributed by atoms with Gasteiger partial charge in [0.15, 0.2) is 11.4 Å². The molecule has 2 atom stereocenters. The van der Waals surface area contributed by atoms with Gasteiger partial charge in [0, 0.05) is 65.3 Å². The molecule has 1 aromatic carbocycles. The Hall–Kier alpha value is -2.76. The van der Waals surface area contributed by atoms with E-state index < -0.39 is 11.7 Å². The molecule has 2 aromatic rings. The summed E-state index contributed by atoms with van der Waals surface area (Å²) in [4.78, 5) is 29.9. The van der Waals surface area contributed by atoms with Crippen LogP contribution in [0, 0.1) is 13.8 Å². The van der Waals surface area contributed by atoms with Crippen molar-refractivity contribution in [1.29, 1.82) is 0 Å². The molecule has 11 heteroatoms. The van der Waals surface area contributed by atoms with Crippen LogP contribution >= 0.6 is 0 Å². The van der Waals surface area contributed by atoms with Gasteiger partial charge in [0.05, 0.1) is 18.2 Å². The summed E-state index contributed by atoms with van der Waals surface area (Å²) in [5, 5.41) is 0. The fourth-order valence-electron chi connectivity index (χ4n) is 6.18. The minimum absolute atomic E-state index is 0.0203. The normalized spacial score (nSPS) is 21.3. The Morgan fingerprint density at radius 3 is 2.33 bits per heavy atom. The highest BCUT2D eigenvalue weighted by Crippen LogP contribution is 2.35. The van der Waals surface area contributed by atoms with Crippen molar-refractivity contribution in [2.24, 2.45) is 0 Å². The van der Waals surface area contributed by atoms with E-state index in [4.69, 9.17) is 9.57 Å². The Balaban J connectivity index is 1.41. The summed E-state index contributed by atoms with van der Waals surface area (Å²) in [5.74, 6) is -0.0203. The Morgan fingerprint density at radius 2 is 1.77 bits per heavy atom. The third-order valence-electron chi connectivity index (χ3n) is 8.74. The molecule has 3 heterocycles. The Morgan fingerprint density at radius 1 is 1.12 bits per heavy atom. The van der Waals surface area contributed by atoms with Crippen LogP contribution in [-0.2, 0) is 10.9 Å². The number of aromatic nitrogens is 2. The van der Waals surface area contributed by atoms with Crippen molar-refractivity contribution in [2.75, 3.05) is 53.6 Å². The molecule has 0 saturated carbocycles. The number of hydrogen-bond donors (Lipinski definition) is 0. The minimum Gasteiger partial charge on any atom is -0.383 e. The van der Waals surface area contributed by atoms with Gasteiger partial charge in [0.25, 0.3) is 5.91 Å². The number of piperidine rings is 1. The molecule has 220 valence electrons. The molecule has 4 rings (SSSR count). The summed E-state index contributed by atoms with van der Waals surface area (Å²) >= 11 is 0. The first-order valence-electron chi connectivity index (χ1n) is 13.8. The summed E-state index contributed by atoms with van der Waals surface area (Å²) in [6, 6.07) is 5.49. The number of piperazine rings is 1. The second kappa shape index (κ2) is 12.0. The van der Waals surface area contributed by atoms with Gasteiger partial charge >= 0.3 is 12.5 Å². The molecule has 0 N–H and O–H groups in total. The quantitative estimate of drug-likeness (QED) is 0.481. The number of carbonyl (C=O) groups is 1. The number of halogens is 3. The first-order valence-corrected chi connectivity index (χ1v) is 13.8. The zero-order valence-corrected chi connectivity index (χ0v) is 24.3. The van der Waals surface area contributed by atoms with E-state index in [9.17, 15) is 18.0 Å². The molecule has 1 aromatic heterocycles.